The van der Waals surface area contributed by atoms with Crippen molar-refractivity contribution in [3.8, 4) is 5.75 Å². The largest absolute Gasteiger partial charge is 0.495 e. The fraction of sp³-hybridized carbons (Fsp3) is 0.360. The highest BCUT2D eigenvalue weighted by Crippen LogP contribution is 2.29. The molecule has 3 rings (SSSR count). The summed E-state index contributed by atoms with van der Waals surface area (Å²) in [5.41, 5.74) is 3.75. The molecule has 0 aromatic heterocycles. The molecule has 2 aromatic carbocycles. The minimum absolute atomic E-state index is 0.00733. The van der Waals surface area contributed by atoms with Crippen molar-refractivity contribution in [3.05, 3.63) is 64.2 Å². The van der Waals surface area contributed by atoms with Gasteiger partial charge in [-0.2, -0.15) is 4.31 Å². The number of morpholine rings is 1. The molecule has 0 spiro atoms. The predicted molar refractivity (Wildman–Crippen MR) is 128 cm³/mol. The molecule has 182 valence electrons. The number of benzene rings is 2. The third kappa shape index (κ3) is 5.91. The molecule has 0 unspecified atom stereocenters. The van der Waals surface area contributed by atoms with Gasteiger partial charge in [0, 0.05) is 24.7 Å². The molecule has 1 aliphatic rings. The van der Waals surface area contributed by atoms with E-state index in [4.69, 9.17) is 14.2 Å². The monoisotopic (exact) mass is 487 g/mol. The van der Waals surface area contributed by atoms with Gasteiger partial charge in [-0.25, -0.2) is 13.2 Å². The number of carbonyl (C=O) groups is 2. The van der Waals surface area contributed by atoms with E-state index < -0.39 is 16.0 Å². The number of nitrogens with zero attached hydrogens (tertiary/aromatic N) is 1. The molecule has 34 heavy (non-hydrogen) atoms. The Morgan fingerprint density at radius 1 is 1.06 bits per heavy atom. The molecule has 0 radical (unpaired) electrons. The van der Waals surface area contributed by atoms with Crippen LogP contribution in [0.5, 0.6) is 5.75 Å². The minimum atomic E-state index is -3.80. The van der Waals surface area contributed by atoms with Crippen LogP contribution in [0.15, 0.2) is 41.3 Å². The Kier molecular flexibility index (Phi) is 8.24. The molecule has 0 bridgehead atoms. The average Bonchev–Trinajstić information content (AvgIpc) is 2.81. The van der Waals surface area contributed by atoms with Gasteiger partial charge in [-0.15, -0.1) is 0 Å². The van der Waals surface area contributed by atoms with Crippen molar-refractivity contribution in [2.24, 2.45) is 0 Å². The van der Waals surface area contributed by atoms with Crippen molar-refractivity contribution in [2.75, 3.05) is 40.0 Å². The number of hydrogen-bond donors (Lipinski definition) is 0. The smallest absolute Gasteiger partial charge is 0.331 e. The van der Waals surface area contributed by atoms with Gasteiger partial charge in [-0.05, 0) is 55.7 Å². The molecule has 1 fully saturated rings. The Morgan fingerprint density at radius 3 is 2.32 bits per heavy atom. The standard InChI is InChI=1S/C25H29NO7S/c1-17-13-18(2)25(19(3)14-17)21(27)16-33-24(28)8-6-20-5-7-22(31-4)23(15-20)34(29,30)26-9-11-32-12-10-26/h5-8,13-15H,9-12,16H2,1-4H3/b8-6+. The lowest BCUT2D eigenvalue weighted by molar-refractivity contribution is -0.136. The quantitative estimate of drug-likeness (QED) is 0.321. The SMILES string of the molecule is COc1ccc(/C=C/C(=O)OCC(=O)c2c(C)cc(C)cc2C)cc1S(=O)(=O)N1CCOCC1. The first-order valence-corrected chi connectivity index (χ1v) is 12.3. The number of ether oxygens (including phenoxy) is 3. The van der Waals surface area contributed by atoms with E-state index in [1.807, 2.05) is 32.9 Å². The van der Waals surface area contributed by atoms with Crippen molar-refractivity contribution in [1.29, 1.82) is 0 Å². The fourth-order valence-corrected chi connectivity index (χ4v) is 5.56. The van der Waals surface area contributed by atoms with Gasteiger partial charge in [-0.1, -0.05) is 23.8 Å². The molecule has 1 aliphatic heterocycles. The highest BCUT2D eigenvalue weighted by Gasteiger charge is 2.29. The third-order valence-corrected chi connectivity index (χ3v) is 7.41. The maximum absolute atomic E-state index is 13.1. The Labute approximate surface area is 200 Å². The van der Waals surface area contributed by atoms with Crippen LogP contribution < -0.4 is 4.74 Å². The summed E-state index contributed by atoms with van der Waals surface area (Å²) in [6.45, 7) is 6.43. The first kappa shape index (κ1) is 25.6. The number of methoxy groups -OCH3 is 1. The number of carbonyl (C=O) groups excluding carboxylic acids is 2. The van der Waals surface area contributed by atoms with Crippen LogP contribution in [0.1, 0.15) is 32.6 Å². The lowest BCUT2D eigenvalue weighted by Gasteiger charge is -2.26. The molecule has 0 saturated carbocycles. The van der Waals surface area contributed by atoms with Crippen molar-refractivity contribution in [2.45, 2.75) is 25.7 Å². The second kappa shape index (κ2) is 10.9. The van der Waals surface area contributed by atoms with Crippen LogP contribution in [-0.4, -0.2) is 64.5 Å². The Hall–Kier alpha value is -3.01. The van der Waals surface area contributed by atoms with Crippen LogP contribution in [0.3, 0.4) is 0 Å². The van der Waals surface area contributed by atoms with Crippen molar-refractivity contribution < 1.29 is 32.2 Å². The topological polar surface area (TPSA) is 99.2 Å². The normalized spacial score (nSPS) is 14.8. The Bertz CT molecular complexity index is 1190. The second-order valence-corrected chi connectivity index (χ2v) is 9.97. The van der Waals surface area contributed by atoms with Gasteiger partial charge in [0.25, 0.3) is 0 Å². The highest BCUT2D eigenvalue weighted by molar-refractivity contribution is 7.89. The van der Waals surface area contributed by atoms with Crippen molar-refractivity contribution in [3.63, 3.8) is 0 Å². The molecule has 1 saturated heterocycles. The molecular weight excluding hydrogens is 458 g/mol. The third-order valence-electron chi connectivity index (χ3n) is 5.49. The van der Waals surface area contributed by atoms with Crippen LogP contribution >= 0.6 is 0 Å². The molecule has 0 amide bonds. The first-order chi connectivity index (χ1) is 16.1. The van der Waals surface area contributed by atoms with Gasteiger partial charge in [0.05, 0.1) is 20.3 Å². The zero-order chi connectivity index (χ0) is 24.9. The zero-order valence-electron chi connectivity index (χ0n) is 19.8. The number of Topliss-reactive ketones (excluding diaryl/α,β-unsaturated/α-hetero) is 1. The van der Waals surface area contributed by atoms with Crippen molar-refractivity contribution in [1.82, 2.24) is 4.31 Å². The van der Waals surface area contributed by atoms with Crippen molar-refractivity contribution >= 4 is 27.9 Å². The van der Waals surface area contributed by atoms with Gasteiger partial charge in [0.1, 0.15) is 10.6 Å². The van der Waals surface area contributed by atoms with Gasteiger partial charge >= 0.3 is 5.97 Å². The minimum Gasteiger partial charge on any atom is -0.495 e. The van der Waals surface area contributed by atoms with Gasteiger partial charge in [0.2, 0.25) is 15.8 Å². The van der Waals surface area contributed by atoms with Crippen LogP contribution in [-0.2, 0) is 24.3 Å². The van der Waals surface area contributed by atoms with Crippen LogP contribution in [0.25, 0.3) is 6.08 Å². The van der Waals surface area contributed by atoms with E-state index in [2.05, 4.69) is 0 Å². The molecule has 1 heterocycles. The fourth-order valence-electron chi connectivity index (χ4n) is 3.97. The Balaban J connectivity index is 1.71. The van der Waals surface area contributed by atoms with Crippen LogP contribution in [0.2, 0.25) is 0 Å². The number of hydrogen-bond acceptors (Lipinski definition) is 7. The summed E-state index contributed by atoms with van der Waals surface area (Å²) in [6.07, 6.45) is 2.60. The number of ketones is 1. The lowest BCUT2D eigenvalue weighted by atomic mass is 9.97. The van der Waals surface area contributed by atoms with E-state index in [0.29, 0.717) is 24.3 Å². The number of esters is 1. The van der Waals surface area contributed by atoms with E-state index in [1.54, 1.807) is 6.07 Å². The molecule has 2 aromatic rings. The molecule has 0 atom stereocenters. The lowest BCUT2D eigenvalue weighted by Crippen LogP contribution is -2.40. The summed E-state index contributed by atoms with van der Waals surface area (Å²) in [5.74, 6) is -0.773. The summed E-state index contributed by atoms with van der Waals surface area (Å²) < 4.78 is 43.1. The van der Waals surface area contributed by atoms with E-state index in [0.717, 1.165) is 22.8 Å². The van der Waals surface area contributed by atoms with E-state index in [1.165, 1.54) is 29.6 Å². The maximum Gasteiger partial charge on any atom is 0.331 e. The summed E-state index contributed by atoms with van der Waals surface area (Å²) in [7, 11) is -2.40. The second-order valence-electron chi connectivity index (χ2n) is 8.06. The summed E-state index contributed by atoms with van der Waals surface area (Å²) in [5, 5.41) is 0. The summed E-state index contributed by atoms with van der Waals surface area (Å²) in [4.78, 5) is 24.8. The summed E-state index contributed by atoms with van der Waals surface area (Å²) in [6, 6.07) is 8.43. The highest BCUT2D eigenvalue weighted by atomic mass is 32.2. The van der Waals surface area contributed by atoms with E-state index >= 15 is 0 Å². The van der Waals surface area contributed by atoms with Gasteiger partial charge < -0.3 is 14.2 Å². The molecule has 0 aliphatic carbocycles. The zero-order valence-corrected chi connectivity index (χ0v) is 20.6. The molecular formula is C25H29NO7S. The Morgan fingerprint density at radius 2 is 1.71 bits per heavy atom. The molecule has 9 heteroatoms. The number of aryl methyl sites for hydroxylation is 3. The number of sulfonamides is 1. The molecule has 0 N–H and O–H groups in total. The maximum atomic E-state index is 13.1. The molecule has 8 nitrogen and oxygen atoms in total. The van der Waals surface area contributed by atoms with Gasteiger partial charge in [0.15, 0.2) is 6.61 Å². The number of rotatable bonds is 8. The van der Waals surface area contributed by atoms with Crippen LogP contribution in [0.4, 0.5) is 0 Å². The predicted octanol–water partition coefficient (Wildman–Crippen LogP) is 3.08. The average molecular weight is 488 g/mol. The first-order valence-electron chi connectivity index (χ1n) is 10.9. The summed E-state index contributed by atoms with van der Waals surface area (Å²) >= 11 is 0. The van der Waals surface area contributed by atoms with E-state index in [-0.39, 0.29) is 36.1 Å². The van der Waals surface area contributed by atoms with Gasteiger partial charge in [-0.3, -0.25) is 4.79 Å². The van der Waals surface area contributed by atoms with Crippen LogP contribution in [0, 0.1) is 20.8 Å². The van der Waals surface area contributed by atoms with E-state index in [9.17, 15) is 18.0 Å².